The Morgan fingerprint density at radius 1 is 1.16 bits per heavy atom. The number of aryl methyl sites for hydroxylation is 1. The lowest BCUT2D eigenvalue weighted by Crippen LogP contribution is -2.18. The van der Waals surface area contributed by atoms with Crippen LogP contribution in [0.5, 0.6) is 5.75 Å². The Morgan fingerprint density at radius 3 is 2.89 bits per heavy atom. The topological polar surface area (TPSA) is 29.5 Å². The van der Waals surface area contributed by atoms with Crippen molar-refractivity contribution in [3.05, 3.63) is 29.3 Å². The molecule has 1 N–H and O–H groups in total. The van der Waals surface area contributed by atoms with Crippen molar-refractivity contribution in [3.63, 3.8) is 0 Å². The Bertz CT molecular complexity index is 482. The van der Waals surface area contributed by atoms with Crippen LogP contribution in [0.4, 0.5) is 0 Å². The highest BCUT2D eigenvalue weighted by Crippen LogP contribution is 2.48. The second kappa shape index (κ2) is 4.52. The maximum atomic E-state index is 9.81. The number of benzene rings is 1. The van der Waals surface area contributed by atoms with Crippen molar-refractivity contribution in [2.45, 2.75) is 44.6 Å². The van der Waals surface area contributed by atoms with Gasteiger partial charge in [-0.05, 0) is 73.1 Å². The van der Waals surface area contributed by atoms with Gasteiger partial charge in [0.2, 0.25) is 0 Å². The van der Waals surface area contributed by atoms with E-state index < -0.39 is 0 Å². The van der Waals surface area contributed by atoms with E-state index in [0.717, 1.165) is 48.5 Å². The molecule has 2 bridgehead atoms. The monoisotopic (exact) mass is 258 g/mol. The van der Waals surface area contributed by atoms with Crippen molar-refractivity contribution < 1.29 is 9.84 Å². The van der Waals surface area contributed by atoms with Crippen LogP contribution in [0.2, 0.25) is 0 Å². The summed E-state index contributed by atoms with van der Waals surface area (Å²) in [6.07, 6.45) is 7.31. The fourth-order valence-corrected chi connectivity index (χ4v) is 4.45. The number of aliphatic hydroxyl groups excluding tert-OH is 1. The molecule has 4 atom stereocenters. The van der Waals surface area contributed by atoms with Gasteiger partial charge in [-0.3, -0.25) is 0 Å². The summed E-state index contributed by atoms with van der Waals surface area (Å²) in [5, 5.41) is 9.81. The van der Waals surface area contributed by atoms with Crippen LogP contribution in [0.15, 0.2) is 18.2 Å². The van der Waals surface area contributed by atoms with Gasteiger partial charge in [0.15, 0.2) is 0 Å². The number of aliphatic hydroxyl groups is 1. The molecule has 19 heavy (non-hydrogen) atoms. The van der Waals surface area contributed by atoms with Gasteiger partial charge in [0.05, 0.1) is 12.7 Å². The molecule has 1 aromatic rings. The molecule has 0 radical (unpaired) electrons. The van der Waals surface area contributed by atoms with Crippen LogP contribution in [0.3, 0.4) is 0 Å². The molecule has 3 unspecified atom stereocenters. The second-order valence-electron chi connectivity index (χ2n) is 6.66. The van der Waals surface area contributed by atoms with Crippen LogP contribution >= 0.6 is 0 Å². The van der Waals surface area contributed by atoms with Crippen molar-refractivity contribution in [1.82, 2.24) is 0 Å². The number of rotatable bonds is 3. The number of hydrogen-bond donors (Lipinski definition) is 1. The minimum Gasteiger partial charge on any atom is -0.493 e. The van der Waals surface area contributed by atoms with Gasteiger partial charge < -0.3 is 9.84 Å². The fraction of sp³-hybridized carbons (Fsp3) is 0.647. The zero-order valence-corrected chi connectivity index (χ0v) is 11.3. The summed E-state index contributed by atoms with van der Waals surface area (Å²) in [7, 11) is 0. The molecule has 0 aromatic heterocycles. The van der Waals surface area contributed by atoms with E-state index in [-0.39, 0.29) is 6.10 Å². The summed E-state index contributed by atoms with van der Waals surface area (Å²) in [5.41, 5.74) is 2.38. The van der Waals surface area contributed by atoms with E-state index in [2.05, 4.69) is 6.07 Å². The zero-order valence-electron chi connectivity index (χ0n) is 11.3. The third-order valence-electron chi connectivity index (χ3n) is 5.51. The quantitative estimate of drug-likeness (QED) is 0.899. The van der Waals surface area contributed by atoms with Crippen LogP contribution in [-0.4, -0.2) is 11.7 Å². The van der Waals surface area contributed by atoms with Crippen LogP contribution in [-0.2, 0) is 6.42 Å². The Labute approximate surface area is 114 Å². The zero-order chi connectivity index (χ0) is 12.8. The predicted octanol–water partition coefficient (Wildman–Crippen LogP) is 3.48. The van der Waals surface area contributed by atoms with Crippen molar-refractivity contribution in [3.8, 4) is 5.75 Å². The highest BCUT2D eigenvalue weighted by atomic mass is 16.5. The normalized spacial score (nSPS) is 35.6. The van der Waals surface area contributed by atoms with E-state index in [4.69, 9.17) is 4.74 Å². The summed E-state index contributed by atoms with van der Waals surface area (Å²) in [6.45, 7) is 0.891. The second-order valence-corrected chi connectivity index (χ2v) is 6.66. The van der Waals surface area contributed by atoms with Gasteiger partial charge >= 0.3 is 0 Å². The van der Waals surface area contributed by atoms with E-state index in [1.54, 1.807) is 0 Å². The minimum atomic E-state index is -0.255. The van der Waals surface area contributed by atoms with Crippen molar-refractivity contribution in [2.24, 2.45) is 17.8 Å². The van der Waals surface area contributed by atoms with Gasteiger partial charge in [0.1, 0.15) is 5.75 Å². The molecule has 1 aromatic carbocycles. The molecule has 3 aliphatic rings. The Balaban J connectivity index is 1.41. The van der Waals surface area contributed by atoms with Crippen molar-refractivity contribution in [1.29, 1.82) is 0 Å². The van der Waals surface area contributed by atoms with Gasteiger partial charge in [-0.15, -0.1) is 0 Å². The van der Waals surface area contributed by atoms with Gasteiger partial charge in [-0.2, -0.15) is 0 Å². The molecule has 0 saturated heterocycles. The fourth-order valence-electron chi connectivity index (χ4n) is 4.45. The van der Waals surface area contributed by atoms with Gasteiger partial charge in [0.25, 0.3) is 0 Å². The standard InChI is InChI=1S/C17H22O2/c18-17-6-3-13-9-15(4-5-16(13)17)19-10-14-8-11-1-2-12(14)7-11/h4-5,9,11-12,14,17-18H,1-3,6-8,10H2/t11?,12?,14?,17-/m0/s1. The van der Waals surface area contributed by atoms with E-state index >= 15 is 0 Å². The molecule has 3 aliphatic carbocycles. The largest absolute Gasteiger partial charge is 0.493 e. The summed E-state index contributed by atoms with van der Waals surface area (Å²) in [5.74, 6) is 3.71. The lowest BCUT2D eigenvalue weighted by molar-refractivity contribution is 0.180. The average molecular weight is 258 g/mol. The molecule has 2 nitrogen and oxygen atoms in total. The third-order valence-corrected chi connectivity index (χ3v) is 5.51. The minimum absolute atomic E-state index is 0.255. The number of hydrogen-bond acceptors (Lipinski definition) is 2. The molecule has 102 valence electrons. The predicted molar refractivity (Wildman–Crippen MR) is 74.2 cm³/mol. The first-order valence-electron chi connectivity index (χ1n) is 7.73. The highest BCUT2D eigenvalue weighted by molar-refractivity contribution is 5.39. The Hall–Kier alpha value is -1.02. The lowest BCUT2D eigenvalue weighted by Gasteiger charge is -2.22. The highest BCUT2D eigenvalue weighted by Gasteiger charge is 2.39. The molecular weight excluding hydrogens is 236 g/mol. The van der Waals surface area contributed by atoms with E-state index in [0.29, 0.717) is 0 Å². The van der Waals surface area contributed by atoms with Crippen molar-refractivity contribution >= 4 is 0 Å². The molecule has 0 aliphatic heterocycles. The van der Waals surface area contributed by atoms with Gasteiger partial charge in [-0.1, -0.05) is 12.5 Å². The van der Waals surface area contributed by atoms with E-state index in [1.807, 2.05) is 12.1 Å². The first-order valence-corrected chi connectivity index (χ1v) is 7.73. The molecule has 0 heterocycles. The third kappa shape index (κ3) is 2.06. The summed E-state index contributed by atoms with van der Waals surface area (Å²) >= 11 is 0. The molecule has 0 spiro atoms. The molecule has 2 fully saturated rings. The maximum absolute atomic E-state index is 9.81. The Kier molecular flexibility index (Phi) is 2.80. The molecule has 4 rings (SSSR count). The smallest absolute Gasteiger partial charge is 0.119 e. The average Bonchev–Trinajstić information content (AvgIpc) is 3.12. The first-order chi connectivity index (χ1) is 9.29. The Morgan fingerprint density at radius 2 is 2.11 bits per heavy atom. The molecule has 2 heteroatoms. The van der Waals surface area contributed by atoms with Crippen LogP contribution < -0.4 is 4.74 Å². The first kappa shape index (κ1) is 11.8. The van der Waals surface area contributed by atoms with Crippen LogP contribution in [0, 0.1) is 17.8 Å². The summed E-state index contributed by atoms with van der Waals surface area (Å²) < 4.78 is 6.02. The summed E-state index contributed by atoms with van der Waals surface area (Å²) in [4.78, 5) is 0. The van der Waals surface area contributed by atoms with Gasteiger partial charge in [0, 0.05) is 0 Å². The summed E-state index contributed by atoms with van der Waals surface area (Å²) in [6, 6.07) is 6.21. The van der Waals surface area contributed by atoms with Crippen molar-refractivity contribution in [2.75, 3.05) is 6.61 Å². The number of fused-ring (bicyclic) bond motifs is 3. The van der Waals surface area contributed by atoms with Gasteiger partial charge in [-0.25, -0.2) is 0 Å². The molecular formula is C17H22O2. The molecule has 2 saturated carbocycles. The SMILES string of the molecule is O[C@H]1CCc2cc(OCC3CC4CCC3C4)ccc21. The van der Waals surface area contributed by atoms with Crippen LogP contribution in [0.25, 0.3) is 0 Å². The molecule has 0 amide bonds. The number of ether oxygens (including phenoxy) is 1. The lowest BCUT2D eigenvalue weighted by atomic mass is 9.89. The van der Waals surface area contributed by atoms with E-state index in [9.17, 15) is 5.11 Å². The maximum Gasteiger partial charge on any atom is 0.119 e. The van der Waals surface area contributed by atoms with E-state index in [1.165, 1.54) is 31.2 Å². The van der Waals surface area contributed by atoms with Crippen LogP contribution in [0.1, 0.15) is 49.3 Å².